The van der Waals surface area contributed by atoms with Gasteiger partial charge in [0.05, 0.1) is 24.2 Å². The van der Waals surface area contributed by atoms with E-state index in [1.54, 1.807) is 34.0 Å². The molecule has 0 amide bonds. The van der Waals surface area contributed by atoms with Crippen molar-refractivity contribution < 1.29 is 19.9 Å². The van der Waals surface area contributed by atoms with Gasteiger partial charge in [-0.3, -0.25) is 25.1 Å². The van der Waals surface area contributed by atoms with Crippen molar-refractivity contribution in [1.29, 1.82) is 0 Å². The molecule has 0 aliphatic carbocycles. The van der Waals surface area contributed by atoms with Gasteiger partial charge in [-0.1, -0.05) is 5.01 Å². The van der Waals surface area contributed by atoms with Gasteiger partial charge in [0.15, 0.2) is 23.4 Å². The maximum Gasteiger partial charge on any atom is 0.290 e. The molecule has 2 aromatic rings. The van der Waals surface area contributed by atoms with Crippen LogP contribution >= 0.6 is 0 Å². The summed E-state index contributed by atoms with van der Waals surface area (Å²) < 4.78 is 2.86. The number of nitro groups is 4. The molecule has 2 aromatic heterocycles. The molecule has 1 unspecified atom stereocenters. The zero-order chi connectivity index (χ0) is 24.8. The van der Waals surface area contributed by atoms with Crippen molar-refractivity contribution >= 4 is 5.69 Å². The van der Waals surface area contributed by atoms with E-state index in [4.69, 9.17) is 0 Å². The van der Waals surface area contributed by atoms with Crippen molar-refractivity contribution in [2.75, 3.05) is 26.3 Å². The Morgan fingerprint density at radius 1 is 0.882 bits per heavy atom. The largest absolute Gasteiger partial charge is 0.331 e. The molecule has 3 rings (SSSR count). The van der Waals surface area contributed by atoms with Crippen LogP contribution in [0.25, 0.3) is 0 Å². The SMILES string of the molecule is O=[N+]([O-])c1cn(CN(Cn2cccc2)[N+](=O)[O-])cc1CCN(CN1CCC([N+](=O)[O-])C1)[N+](=O)[O-]. The van der Waals surface area contributed by atoms with Gasteiger partial charge in [0.1, 0.15) is 6.67 Å². The van der Waals surface area contributed by atoms with Crippen LogP contribution in [0, 0.1) is 40.5 Å². The van der Waals surface area contributed by atoms with E-state index in [9.17, 15) is 40.5 Å². The van der Waals surface area contributed by atoms with E-state index in [2.05, 4.69) is 0 Å². The van der Waals surface area contributed by atoms with Gasteiger partial charge in [0.25, 0.3) is 5.69 Å². The topological polar surface area (TPSA) is 192 Å². The van der Waals surface area contributed by atoms with Crippen LogP contribution in [-0.4, -0.2) is 76.3 Å². The Morgan fingerprint density at radius 2 is 1.53 bits per heavy atom. The molecule has 1 atom stereocenters. The summed E-state index contributed by atoms with van der Waals surface area (Å²) in [5.74, 6) is 0. The van der Waals surface area contributed by atoms with Crippen LogP contribution in [0.2, 0.25) is 0 Å². The average Bonchev–Trinajstić information content (AvgIpc) is 3.51. The van der Waals surface area contributed by atoms with Crippen molar-refractivity contribution in [2.24, 2.45) is 0 Å². The van der Waals surface area contributed by atoms with E-state index < -0.39 is 26.0 Å². The minimum absolute atomic E-state index is 0.0626. The van der Waals surface area contributed by atoms with Gasteiger partial charge in [-0.15, -0.1) is 5.01 Å². The molecule has 0 N–H and O–H groups in total. The number of hydrogen-bond acceptors (Lipinski definition) is 9. The molecular formula is C17H23N9O8. The Hall–Kier alpha value is -4.28. The number of aromatic nitrogens is 2. The quantitative estimate of drug-likeness (QED) is 0.288. The molecule has 17 heteroatoms. The molecule has 1 fully saturated rings. The summed E-state index contributed by atoms with van der Waals surface area (Å²) in [7, 11) is 0. The highest BCUT2D eigenvalue weighted by atomic mass is 16.7. The zero-order valence-electron chi connectivity index (χ0n) is 18.0. The summed E-state index contributed by atoms with van der Waals surface area (Å²) in [6.07, 6.45) is 6.03. The number of hydrazine groups is 2. The second-order valence-corrected chi connectivity index (χ2v) is 7.83. The summed E-state index contributed by atoms with van der Waals surface area (Å²) in [6.45, 7) is -0.271. The van der Waals surface area contributed by atoms with Crippen molar-refractivity contribution in [1.82, 2.24) is 24.1 Å². The average molecular weight is 481 g/mol. The maximum atomic E-state index is 11.5. The molecule has 0 saturated carbocycles. The molecule has 184 valence electrons. The maximum absolute atomic E-state index is 11.5. The molecule has 1 aliphatic rings. The Kier molecular flexibility index (Phi) is 7.57. The van der Waals surface area contributed by atoms with Crippen LogP contribution in [0.4, 0.5) is 5.69 Å². The molecule has 34 heavy (non-hydrogen) atoms. The number of rotatable bonds is 13. The van der Waals surface area contributed by atoms with E-state index in [-0.39, 0.29) is 50.8 Å². The molecule has 17 nitrogen and oxygen atoms in total. The van der Waals surface area contributed by atoms with Crippen LogP contribution in [0.1, 0.15) is 12.0 Å². The van der Waals surface area contributed by atoms with Crippen LogP contribution in [0.15, 0.2) is 36.9 Å². The number of likely N-dealkylation sites (tertiary alicyclic amines) is 1. The third-order valence-corrected chi connectivity index (χ3v) is 5.46. The molecule has 0 bridgehead atoms. The fraction of sp³-hybridized carbons (Fsp3) is 0.529. The Labute approximate surface area is 191 Å². The van der Waals surface area contributed by atoms with E-state index in [1.165, 1.54) is 10.8 Å². The van der Waals surface area contributed by atoms with Crippen LogP contribution in [0.5, 0.6) is 0 Å². The van der Waals surface area contributed by atoms with Gasteiger partial charge in [-0.25, -0.2) is 20.2 Å². The fourth-order valence-electron chi connectivity index (χ4n) is 3.77. The van der Waals surface area contributed by atoms with Crippen LogP contribution in [-0.2, 0) is 19.8 Å². The first kappa shape index (κ1) is 24.4. The molecule has 1 saturated heterocycles. The predicted molar refractivity (Wildman–Crippen MR) is 114 cm³/mol. The molecule has 0 spiro atoms. The molecular weight excluding hydrogens is 458 g/mol. The van der Waals surface area contributed by atoms with E-state index in [1.807, 2.05) is 0 Å². The van der Waals surface area contributed by atoms with Gasteiger partial charge < -0.3 is 9.13 Å². The molecule has 0 aromatic carbocycles. The zero-order valence-corrected chi connectivity index (χ0v) is 18.0. The molecule has 0 radical (unpaired) electrons. The lowest BCUT2D eigenvalue weighted by Crippen LogP contribution is -2.42. The Balaban J connectivity index is 1.67. The first-order valence-electron chi connectivity index (χ1n) is 10.2. The summed E-state index contributed by atoms with van der Waals surface area (Å²) in [5.41, 5.74) is -0.118. The predicted octanol–water partition coefficient (Wildman–Crippen LogP) is 0.651. The van der Waals surface area contributed by atoms with Crippen LogP contribution < -0.4 is 0 Å². The van der Waals surface area contributed by atoms with Gasteiger partial charge >= 0.3 is 0 Å². The minimum atomic E-state index is -0.778. The van der Waals surface area contributed by atoms with Crippen LogP contribution in [0.3, 0.4) is 0 Å². The van der Waals surface area contributed by atoms with E-state index >= 15 is 0 Å². The van der Waals surface area contributed by atoms with Gasteiger partial charge in [-0.2, -0.15) is 0 Å². The second-order valence-electron chi connectivity index (χ2n) is 7.83. The molecule has 3 heterocycles. The van der Waals surface area contributed by atoms with Crippen molar-refractivity contribution in [3.8, 4) is 0 Å². The van der Waals surface area contributed by atoms with E-state index in [0.717, 1.165) is 16.2 Å². The van der Waals surface area contributed by atoms with Gasteiger partial charge in [-0.05, 0) is 12.1 Å². The highest BCUT2D eigenvalue weighted by molar-refractivity contribution is 5.38. The highest BCUT2D eigenvalue weighted by Gasteiger charge is 2.33. The summed E-state index contributed by atoms with van der Waals surface area (Å²) in [6, 6.07) is 2.63. The fourth-order valence-corrected chi connectivity index (χ4v) is 3.77. The lowest BCUT2D eigenvalue weighted by Gasteiger charge is -2.20. The summed E-state index contributed by atoms with van der Waals surface area (Å²) in [4.78, 5) is 45.8. The monoisotopic (exact) mass is 481 g/mol. The first-order valence-corrected chi connectivity index (χ1v) is 10.2. The van der Waals surface area contributed by atoms with Crippen molar-refractivity contribution in [3.63, 3.8) is 0 Å². The van der Waals surface area contributed by atoms with Crippen molar-refractivity contribution in [2.45, 2.75) is 32.2 Å². The molecule has 1 aliphatic heterocycles. The third kappa shape index (κ3) is 6.15. The second kappa shape index (κ2) is 10.6. The third-order valence-electron chi connectivity index (χ3n) is 5.46. The van der Waals surface area contributed by atoms with E-state index in [0.29, 0.717) is 13.0 Å². The van der Waals surface area contributed by atoms with Gasteiger partial charge in [0.2, 0.25) is 6.04 Å². The smallest absolute Gasteiger partial charge is 0.290 e. The lowest BCUT2D eigenvalue weighted by atomic mass is 10.2. The summed E-state index contributed by atoms with van der Waals surface area (Å²) in [5, 5.41) is 45.7. The normalized spacial score (nSPS) is 15.8. The van der Waals surface area contributed by atoms with Gasteiger partial charge in [0, 0.05) is 48.5 Å². The highest BCUT2D eigenvalue weighted by Crippen LogP contribution is 2.22. The Bertz CT molecular complexity index is 1040. The number of hydrogen-bond donors (Lipinski definition) is 0. The number of nitrogens with zero attached hydrogens (tertiary/aromatic N) is 9. The standard InChI is InChI=1S/C17H23N9O8/c27-23(28)16-4-7-19(10-16)13-21(25(31)32)8-3-15-9-20(11-17(15)24(29)30)14-22(26(33)34)12-18-5-1-2-6-18/h1-2,5-6,9,11,16H,3-4,7-8,10,12-14H2. The Morgan fingerprint density at radius 3 is 2.09 bits per heavy atom. The van der Waals surface area contributed by atoms with Crippen molar-refractivity contribution in [3.05, 3.63) is 82.9 Å². The first-order chi connectivity index (χ1) is 16.1. The lowest BCUT2D eigenvalue weighted by molar-refractivity contribution is -0.670. The minimum Gasteiger partial charge on any atom is -0.331 e. The summed E-state index contributed by atoms with van der Waals surface area (Å²) >= 11 is 0.